The Hall–Kier alpha value is -2.93. The molecule has 0 radical (unpaired) electrons. The molecule has 0 atom stereocenters. The predicted octanol–water partition coefficient (Wildman–Crippen LogP) is 3.24. The molecule has 0 aliphatic carbocycles. The highest BCUT2D eigenvalue weighted by molar-refractivity contribution is 8.26. The van der Waals surface area contributed by atoms with Crippen molar-refractivity contribution in [1.29, 1.82) is 5.26 Å². The lowest BCUT2D eigenvalue weighted by Gasteiger charge is -2.36. The van der Waals surface area contributed by atoms with Crippen LogP contribution in [0.15, 0.2) is 40.0 Å². The molecule has 0 bridgehead atoms. The Kier molecular flexibility index (Phi) is 7.75. The molecule has 4 rings (SSSR count). The number of nitriles is 1. The summed E-state index contributed by atoms with van der Waals surface area (Å²) in [6, 6.07) is 12.1. The van der Waals surface area contributed by atoms with E-state index in [1.807, 2.05) is 43.3 Å². The highest BCUT2D eigenvalue weighted by Crippen LogP contribution is 2.36. The summed E-state index contributed by atoms with van der Waals surface area (Å²) >= 11 is 6.83. The number of carbonyl (C=O) groups is 1. The highest BCUT2D eigenvalue weighted by atomic mass is 32.2. The zero-order valence-corrected chi connectivity index (χ0v) is 21.9. The third kappa shape index (κ3) is 5.06. The van der Waals surface area contributed by atoms with Crippen LogP contribution in [0.1, 0.15) is 29.2 Å². The predicted molar refractivity (Wildman–Crippen MR) is 146 cm³/mol. The van der Waals surface area contributed by atoms with E-state index in [9.17, 15) is 14.9 Å². The summed E-state index contributed by atoms with van der Waals surface area (Å²) in [4.78, 5) is 33.1. The Balaban J connectivity index is 1.74. The first-order valence-corrected chi connectivity index (χ1v) is 13.0. The molecule has 7 nitrogen and oxygen atoms in total. The van der Waals surface area contributed by atoms with E-state index in [-0.39, 0.29) is 17.0 Å². The van der Waals surface area contributed by atoms with E-state index in [0.717, 1.165) is 43.1 Å². The van der Waals surface area contributed by atoms with E-state index in [2.05, 4.69) is 22.9 Å². The fourth-order valence-corrected chi connectivity index (χ4v) is 5.80. The fourth-order valence-electron chi connectivity index (χ4n) is 4.51. The van der Waals surface area contributed by atoms with Crippen molar-refractivity contribution in [3.8, 4) is 6.07 Å². The zero-order chi connectivity index (χ0) is 25.1. The van der Waals surface area contributed by atoms with Gasteiger partial charge in [-0.2, -0.15) is 5.26 Å². The standard InChI is InChI=1S/C26H29N5O2S2/c1-4-30-23(29-14-12-28(3)13-15-29)20(18(2)21(17-27)24(30)32)16-22-25(33)31(26(34)35-22)11-10-19-8-6-5-7-9-19/h5-9,16H,4,10-15H2,1-3H3/b22-16-. The van der Waals surface area contributed by atoms with Crippen LogP contribution in [-0.2, 0) is 17.8 Å². The minimum atomic E-state index is -0.283. The number of piperazine rings is 1. The van der Waals surface area contributed by atoms with Crippen molar-refractivity contribution >= 4 is 46.1 Å². The number of hydrogen-bond acceptors (Lipinski definition) is 7. The number of thioether (sulfide) groups is 1. The average Bonchev–Trinajstić information content (AvgIpc) is 3.12. The zero-order valence-electron chi connectivity index (χ0n) is 20.3. The van der Waals surface area contributed by atoms with Crippen LogP contribution < -0.4 is 10.5 Å². The largest absolute Gasteiger partial charge is 0.355 e. The first kappa shape index (κ1) is 25.2. The molecule has 0 unspecified atom stereocenters. The summed E-state index contributed by atoms with van der Waals surface area (Å²) in [5.74, 6) is 0.643. The summed E-state index contributed by atoms with van der Waals surface area (Å²) in [5, 5.41) is 9.75. The monoisotopic (exact) mass is 507 g/mol. The van der Waals surface area contributed by atoms with Gasteiger partial charge < -0.3 is 9.80 Å². The number of aromatic nitrogens is 1. The summed E-state index contributed by atoms with van der Waals surface area (Å²) in [6.45, 7) is 7.92. The van der Waals surface area contributed by atoms with Gasteiger partial charge in [0.05, 0.1) is 4.91 Å². The minimum absolute atomic E-state index is 0.121. The Bertz CT molecular complexity index is 1270. The molecule has 2 fully saturated rings. The van der Waals surface area contributed by atoms with Crippen LogP contribution in [0.25, 0.3) is 6.08 Å². The third-order valence-corrected chi connectivity index (χ3v) is 7.96. The molecule has 2 saturated heterocycles. The number of benzene rings is 1. The maximum atomic E-state index is 13.4. The third-order valence-electron chi connectivity index (χ3n) is 6.58. The summed E-state index contributed by atoms with van der Waals surface area (Å²) < 4.78 is 2.19. The molecule has 0 N–H and O–H groups in total. The van der Waals surface area contributed by atoms with E-state index < -0.39 is 0 Å². The molecular weight excluding hydrogens is 478 g/mol. The highest BCUT2D eigenvalue weighted by Gasteiger charge is 2.33. The molecule has 9 heteroatoms. The first-order valence-electron chi connectivity index (χ1n) is 11.8. The lowest BCUT2D eigenvalue weighted by atomic mass is 10.0. The maximum Gasteiger partial charge on any atom is 0.270 e. The van der Waals surface area contributed by atoms with Crippen LogP contribution >= 0.6 is 24.0 Å². The quantitative estimate of drug-likeness (QED) is 0.439. The average molecular weight is 508 g/mol. The van der Waals surface area contributed by atoms with Crippen LogP contribution in [0.5, 0.6) is 0 Å². The van der Waals surface area contributed by atoms with Crippen LogP contribution in [-0.4, -0.2) is 64.4 Å². The Morgan fingerprint density at radius 1 is 1.14 bits per heavy atom. The van der Waals surface area contributed by atoms with E-state index >= 15 is 0 Å². The normalized spacial score (nSPS) is 17.9. The number of carbonyl (C=O) groups excluding carboxylic acids is 1. The molecule has 35 heavy (non-hydrogen) atoms. The molecule has 3 heterocycles. The van der Waals surface area contributed by atoms with Gasteiger partial charge in [0.2, 0.25) is 0 Å². The van der Waals surface area contributed by atoms with Gasteiger partial charge in [-0.25, -0.2) is 0 Å². The molecule has 0 spiro atoms. The van der Waals surface area contributed by atoms with E-state index in [4.69, 9.17) is 12.2 Å². The molecule has 1 amide bonds. The van der Waals surface area contributed by atoms with Crippen LogP contribution in [0.3, 0.4) is 0 Å². The molecule has 182 valence electrons. The van der Waals surface area contributed by atoms with Gasteiger partial charge in [-0.1, -0.05) is 54.3 Å². The maximum absolute atomic E-state index is 13.4. The van der Waals surface area contributed by atoms with Gasteiger partial charge in [0, 0.05) is 44.8 Å². The molecule has 2 aromatic rings. The van der Waals surface area contributed by atoms with Crippen molar-refractivity contribution in [3.63, 3.8) is 0 Å². The Morgan fingerprint density at radius 3 is 2.46 bits per heavy atom. The fraction of sp³-hybridized carbons (Fsp3) is 0.385. The summed E-state index contributed by atoms with van der Waals surface area (Å²) in [6.07, 6.45) is 2.54. The molecule has 1 aromatic heterocycles. The number of amides is 1. The second-order valence-corrected chi connectivity index (χ2v) is 10.4. The van der Waals surface area contributed by atoms with E-state index in [0.29, 0.717) is 34.3 Å². The number of thiocarbonyl (C=S) groups is 1. The number of anilines is 1. The number of likely N-dealkylation sites (N-methyl/N-ethyl adjacent to an activating group) is 1. The molecular formula is C26H29N5O2S2. The van der Waals surface area contributed by atoms with E-state index in [1.165, 1.54) is 11.8 Å². The molecule has 1 aromatic carbocycles. The lowest BCUT2D eigenvalue weighted by molar-refractivity contribution is -0.122. The van der Waals surface area contributed by atoms with Gasteiger partial charge in [0.15, 0.2) is 0 Å². The number of pyridine rings is 1. The topological polar surface area (TPSA) is 72.6 Å². The lowest BCUT2D eigenvalue weighted by Crippen LogP contribution is -2.47. The summed E-state index contributed by atoms with van der Waals surface area (Å²) in [5.41, 5.74) is 2.33. The molecule has 0 saturated carbocycles. The van der Waals surface area contributed by atoms with E-state index in [1.54, 1.807) is 16.4 Å². The van der Waals surface area contributed by atoms with Gasteiger partial charge in [0.1, 0.15) is 21.8 Å². The smallest absolute Gasteiger partial charge is 0.270 e. The Labute approximate surface area is 215 Å². The van der Waals surface area contributed by atoms with Gasteiger partial charge >= 0.3 is 0 Å². The van der Waals surface area contributed by atoms with Crippen molar-refractivity contribution in [3.05, 3.63) is 67.8 Å². The molecule has 2 aliphatic heterocycles. The number of hydrogen-bond donors (Lipinski definition) is 0. The molecule has 2 aliphatic rings. The van der Waals surface area contributed by atoms with Crippen molar-refractivity contribution in [2.24, 2.45) is 0 Å². The van der Waals surface area contributed by atoms with Crippen molar-refractivity contribution in [1.82, 2.24) is 14.4 Å². The minimum Gasteiger partial charge on any atom is -0.355 e. The van der Waals surface area contributed by atoms with Crippen LogP contribution in [0.4, 0.5) is 5.82 Å². The second kappa shape index (κ2) is 10.8. The first-order chi connectivity index (χ1) is 16.8. The van der Waals surface area contributed by atoms with Gasteiger partial charge in [-0.15, -0.1) is 0 Å². The van der Waals surface area contributed by atoms with Crippen molar-refractivity contribution in [2.75, 3.05) is 44.7 Å². The second-order valence-electron chi connectivity index (χ2n) is 8.76. The van der Waals surface area contributed by atoms with Gasteiger partial charge in [-0.3, -0.25) is 19.1 Å². The van der Waals surface area contributed by atoms with Crippen LogP contribution in [0.2, 0.25) is 0 Å². The Morgan fingerprint density at radius 2 is 1.83 bits per heavy atom. The van der Waals surface area contributed by atoms with Gasteiger partial charge in [-0.05, 0) is 44.5 Å². The number of nitrogens with zero attached hydrogens (tertiary/aromatic N) is 5. The SMILES string of the molecule is CCn1c(N2CCN(C)CC2)c(/C=C2\SC(=S)N(CCc3ccccc3)C2=O)c(C)c(C#N)c1=O. The number of rotatable bonds is 6. The van der Waals surface area contributed by atoms with Crippen LogP contribution in [0, 0.1) is 18.3 Å². The van der Waals surface area contributed by atoms with Crippen molar-refractivity contribution in [2.45, 2.75) is 26.8 Å². The van der Waals surface area contributed by atoms with Crippen molar-refractivity contribution < 1.29 is 4.79 Å². The van der Waals surface area contributed by atoms with Gasteiger partial charge in [0.25, 0.3) is 11.5 Å². The summed E-state index contributed by atoms with van der Waals surface area (Å²) in [7, 11) is 2.08.